The van der Waals surface area contributed by atoms with Crippen LogP contribution < -0.4 is 10.8 Å². The van der Waals surface area contributed by atoms with Gasteiger partial charge in [-0.1, -0.05) is 68.5 Å². The maximum atomic E-state index is 12.9. The molecule has 0 radical (unpaired) electrons. The van der Waals surface area contributed by atoms with Crippen molar-refractivity contribution in [3.63, 3.8) is 0 Å². The van der Waals surface area contributed by atoms with Gasteiger partial charge in [0.15, 0.2) is 0 Å². The number of benzene rings is 2. The van der Waals surface area contributed by atoms with Crippen molar-refractivity contribution in [3.8, 4) is 0 Å². The maximum Gasteiger partial charge on any atom is 0.416 e. The number of carbonyl (C=O) groups is 2. The smallest absolute Gasteiger partial charge is 0.416 e. The Balaban J connectivity index is 1.66. The molecule has 2 aromatic carbocycles. The monoisotopic (exact) mass is 435 g/mol. The molecule has 1 amide bonds. The third-order valence-corrected chi connectivity index (χ3v) is 4.91. The zero-order chi connectivity index (χ0) is 23.1. The van der Waals surface area contributed by atoms with Crippen molar-refractivity contribution in [2.24, 2.45) is 5.92 Å². The van der Waals surface area contributed by atoms with Gasteiger partial charge in [0.1, 0.15) is 5.70 Å². The van der Waals surface area contributed by atoms with Crippen LogP contribution >= 0.6 is 0 Å². The molecule has 7 heteroatoms. The van der Waals surface area contributed by atoms with Crippen molar-refractivity contribution in [2.45, 2.75) is 39.8 Å². The summed E-state index contributed by atoms with van der Waals surface area (Å²) in [5, 5.41) is 13.3. The lowest BCUT2D eigenvalue weighted by atomic mass is 10.1. The number of hydrogen-bond acceptors (Lipinski definition) is 4. The summed E-state index contributed by atoms with van der Waals surface area (Å²) in [6, 6.07) is 16.8. The topological polar surface area (TPSA) is 92.6 Å². The van der Waals surface area contributed by atoms with E-state index in [-0.39, 0.29) is 17.9 Å². The standard InChI is InChI=1S/C25H29N3O4/c1-17(2)13-22(27-32-16-19-9-5-4-6-10-19)24(29)26-18(3)14-20-15-28(25(30)31)23-12-8-7-11-21(20)23/h4-13,15,17-18,27H,14,16H2,1-3H3,(H,26,29)(H,30,31)/t18-/m1/s1. The van der Waals surface area contributed by atoms with Gasteiger partial charge in [0.05, 0.1) is 12.1 Å². The van der Waals surface area contributed by atoms with Gasteiger partial charge in [-0.3, -0.25) is 19.7 Å². The fraction of sp³-hybridized carbons (Fsp3) is 0.280. The average Bonchev–Trinajstić information content (AvgIpc) is 3.12. The summed E-state index contributed by atoms with van der Waals surface area (Å²) in [5.41, 5.74) is 5.61. The van der Waals surface area contributed by atoms with Crippen LogP contribution in [0.3, 0.4) is 0 Å². The third kappa shape index (κ3) is 5.98. The molecule has 0 bridgehead atoms. The van der Waals surface area contributed by atoms with Crippen LogP contribution in [0.1, 0.15) is 31.9 Å². The van der Waals surface area contributed by atoms with E-state index in [0.29, 0.717) is 24.2 Å². The number of fused-ring (bicyclic) bond motifs is 1. The van der Waals surface area contributed by atoms with Gasteiger partial charge in [-0.2, -0.15) is 0 Å². The lowest BCUT2D eigenvalue weighted by molar-refractivity contribution is -0.120. The number of carboxylic acid groups (broad SMARTS) is 1. The molecule has 3 aromatic rings. The molecular formula is C25H29N3O4. The van der Waals surface area contributed by atoms with E-state index in [1.54, 1.807) is 18.3 Å². The van der Waals surface area contributed by atoms with Crippen LogP contribution in [0, 0.1) is 5.92 Å². The second kappa shape index (κ2) is 10.6. The van der Waals surface area contributed by atoms with E-state index in [1.165, 1.54) is 4.57 Å². The molecule has 0 fully saturated rings. The van der Waals surface area contributed by atoms with Crippen LogP contribution in [0.25, 0.3) is 10.9 Å². The Bertz CT molecular complexity index is 1100. The molecule has 0 spiro atoms. The maximum absolute atomic E-state index is 12.9. The van der Waals surface area contributed by atoms with Crippen LogP contribution in [-0.4, -0.2) is 27.7 Å². The highest BCUT2D eigenvalue weighted by Gasteiger charge is 2.17. The predicted molar refractivity (Wildman–Crippen MR) is 124 cm³/mol. The molecule has 168 valence electrons. The molecule has 0 aliphatic rings. The molecule has 1 aromatic heterocycles. The molecule has 1 atom stereocenters. The summed E-state index contributed by atoms with van der Waals surface area (Å²) in [4.78, 5) is 30.0. The first-order valence-electron chi connectivity index (χ1n) is 10.6. The largest absolute Gasteiger partial charge is 0.464 e. The van der Waals surface area contributed by atoms with E-state index in [1.807, 2.05) is 69.3 Å². The molecule has 1 heterocycles. The summed E-state index contributed by atoms with van der Waals surface area (Å²) in [5.74, 6) is -0.131. The Kier molecular flexibility index (Phi) is 7.68. The third-order valence-electron chi connectivity index (χ3n) is 4.91. The lowest BCUT2D eigenvalue weighted by Gasteiger charge is -2.17. The number of amides is 1. The fourth-order valence-electron chi connectivity index (χ4n) is 3.51. The Morgan fingerprint density at radius 3 is 2.44 bits per heavy atom. The van der Waals surface area contributed by atoms with Gasteiger partial charge in [0.2, 0.25) is 0 Å². The number of allylic oxidation sites excluding steroid dienone is 1. The summed E-state index contributed by atoms with van der Waals surface area (Å²) >= 11 is 0. The number of rotatable bonds is 9. The Labute approximate surface area is 187 Å². The average molecular weight is 436 g/mol. The number of hydrogen-bond donors (Lipinski definition) is 3. The Hall–Kier alpha value is -3.58. The molecule has 0 unspecified atom stereocenters. The zero-order valence-corrected chi connectivity index (χ0v) is 18.5. The lowest BCUT2D eigenvalue weighted by Crippen LogP contribution is -2.38. The van der Waals surface area contributed by atoms with Gasteiger partial charge >= 0.3 is 6.09 Å². The molecule has 0 saturated heterocycles. The molecule has 7 nitrogen and oxygen atoms in total. The van der Waals surface area contributed by atoms with Crippen molar-refractivity contribution in [2.75, 3.05) is 0 Å². The highest BCUT2D eigenvalue weighted by molar-refractivity contribution is 5.93. The van der Waals surface area contributed by atoms with E-state index in [9.17, 15) is 14.7 Å². The van der Waals surface area contributed by atoms with Crippen LogP contribution in [-0.2, 0) is 22.7 Å². The van der Waals surface area contributed by atoms with Gasteiger partial charge in [-0.15, -0.1) is 0 Å². The van der Waals surface area contributed by atoms with E-state index in [0.717, 1.165) is 16.5 Å². The van der Waals surface area contributed by atoms with Gasteiger partial charge in [-0.05, 0) is 36.5 Å². The van der Waals surface area contributed by atoms with E-state index in [4.69, 9.17) is 4.84 Å². The van der Waals surface area contributed by atoms with E-state index in [2.05, 4.69) is 10.8 Å². The van der Waals surface area contributed by atoms with Crippen molar-refractivity contribution < 1.29 is 19.5 Å². The second-order valence-corrected chi connectivity index (χ2v) is 8.10. The molecule has 3 N–H and O–H groups in total. The predicted octanol–water partition coefficient (Wildman–Crippen LogP) is 4.48. The first-order valence-corrected chi connectivity index (χ1v) is 10.6. The van der Waals surface area contributed by atoms with Gasteiger partial charge in [0.25, 0.3) is 5.91 Å². The Morgan fingerprint density at radius 1 is 1.06 bits per heavy atom. The summed E-state index contributed by atoms with van der Waals surface area (Å²) in [6.07, 6.45) is 2.88. The SMILES string of the molecule is CC(C)C=C(NOCc1ccccc1)C(=O)N[C@H](C)Cc1cn(C(=O)O)c2ccccc12. The van der Waals surface area contributed by atoms with Gasteiger partial charge in [-0.25, -0.2) is 4.79 Å². The van der Waals surface area contributed by atoms with Crippen LogP contribution in [0.15, 0.2) is 72.6 Å². The molecule has 0 saturated carbocycles. The first-order chi connectivity index (χ1) is 15.3. The van der Waals surface area contributed by atoms with E-state index < -0.39 is 6.09 Å². The minimum atomic E-state index is -1.04. The molecule has 3 rings (SSSR count). The number of aromatic nitrogens is 1. The second-order valence-electron chi connectivity index (χ2n) is 8.10. The molecule has 0 aliphatic carbocycles. The Morgan fingerprint density at radius 2 is 1.75 bits per heavy atom. The number of para-hydroxylation sites is 1. The molecule has 32 heavy (non-hydrogen) atoms. The van der Waals surface area contributed by atoms with Gasteiger partial charge in [0, 0.05) is 17.6 Å². The molecular weight excluding hydrogens is 406 g/mol. The quantitative estimate of drug-likeness (QED) is 0.341. The summed E-state index contributed by atoms with van der Waals surface area (Å²) in [6.45, 7) is 6.18. The van der Waals surface area contributed by atoms with Gasteiger partial charge < -0.3 is 10.4 Å². The zero-order valence-electron chi connectivity index (χ0n) is 18.5. The normalized spacial score (nSPS) is 12.7. The minimum absolute atomic E-state index is 0.146. The number of carbonyl (C=O) groups excluding carboxylic acids is 1. The minimum Gasteiger partial charge on any atom is -0.464 e. The highest BCUT2D eigenvalue weighted by Crippen LogP contribution is 2.22. The van der Waals surface area contributed by atoms with Crippen molar-refractivity contribution in [1.29, 1.82) is 0 Å². The van der Waals surface area contributed by atoms with Crippen molar-refractivity contribution in [3.05, 3.63) is 83.7 Å². The summed E-state index contributed by atoms with van der Waals surface area (Å²) < 4.78 is 1.21. The van der Waals surface area contributed by atoms with Crippen molar-refractivity contribution >= 4 is 22.9 Å². The number of nitrogens with one attached hydrogen (secondary N) is 2. The van der Waals surface area contributed by atoms with Crippen LogP contribution in [0.2, 0.25) is 0 Å². The first kappa shape index (κ1) is 23.1. The highest BCUT2D eigenvalue weighted by atomic mass is 16.6. The molecule has 0 aliphatic heterocycles. The van der Waals surface area contributed by atoms with E-state index >= 15 is 0 Å². The van der Waals surface area contributed by atoms with Crippen LogP contribution in [0.5, 0.6) is 0 Å². The fourth-order valence-corrected chi connectivity index (χ4v) is 3.51. The van der Waals surface area contributed by atoms with Crippen LogP contribution in [0.4, 0.5) is 4.79 Å². The number of hydroxylamine groups is 1. The summed E-state index contributed by atoms with van der Waals surface area (Å²) in [7, 11) is 0. The number of nitrogens with zero attached hydrogens (tertiary/aromatic N) is 1. The van der Waals surface area contributed by atoms with Crippen molar-refractivity contribution in [1.82, 2.24) is 15.4 Å².